The topological polar surface area (TPSA) is 133 Å². The van der Waals surface area contributed by atoms with Crippen molar-refractivity contribution in [3.05, 3.63) is 65.2 Å². The Morgan fingerprint density at radius 2 is 1.85 bits per heavy atom. The van der Waals surface area contributed by atoms with Crippen LogP contribution in [0.1, 0.15) is 5.69 Å². The van der Waals surface area contributed by atoms with Gasteiger partial charge < -0.3 is 10.6 Å². The molecule has 0 unspecified atom stereocenters. The first-order valence-electron chi connectivity index (χ1n) is 10.2. The van der Waals surface area contributed by atoms with Crippen LogP contribution in [0, 0.1) is 0 Å². The van der Waals surface area contributed by atoms with Crippen LogP contribution in [0.25, 0.3) is 28.4 Å². The SMILES string of the molecule is CN(Cc1ccccn1)c1nc(N)c2nc(-c3ccc(S(C)(=O)=O)cc3)n(-c3cscn3)c2n1. The van der Waals surface area contributed by atoms with Gasteiger partial charge in [-0.3, -0.25) is 9.55 Å². The molecule has 4 heterocycles. The standard InChI is InChI=1S/C22H20N8O2S2/c1-29(11-15-5-3-4-10-24-15)22-27-19(23)18-21(28-22)30(17-12-33-13-25-17)20(26-18)14-6-8-16(9-7-14)34(2,31)32/h3-10,12-13H,11H2,1-2H3,(H2,23,27,28). The fourth-order valence-electron chi connectivity index (χ4n) is 3.52. The summed E-state index contributed by atoms with van der Waals surface area (Å²) in [7, 11) is -1.45. The van der Waals surface area contributed by atoms with E-state index in [4.69, 9.17) is 15.7 Å². The third kappa shape index (κ3) is 4.08. The number of anilines is 2. The van der Waals surface area contributed by atoms with Crippen LogP contribution in [0.3, 0.4) is 0 Å². The van der Waals surface area contributed by atoms with Crippen LogP contribution in [0.4, 0.5) is 11.8 Å². The normalized spacial score (nSPS) is 11.7. The van der Waals surface area contributed by atoms with Crippen molar-refractivity contribution >= 4 is 44.1 Å². The van der Waals surface area contributed by atoms with Gasteiger partial charge in [0.2, 0.25) is 5.95 Å². The van der Waals surface area contributed by atoms with Gasteiger partial charge in [-0.1, -0.05) is 6.07 Å². The Morgan fingerprint density at radius 3 is 2.50 bits per heavy atom. The molecular weight excluding hydrogens is 472 g/mol. The molecule has 172 valence electrons. The number of nitrogens with two attached hydrogens (primary N) is 1. The lowest BCUT2D eigenvalue weighted by Gasteiger charge is -2.17. The molecule has 5 rings (SSSR count). The van der Waals surface area contributed by atoms with Crippen LogP contribution in [0.5, 0.6) is 0 Å². The van der Waals surface area contributed by atoms with Gasteiger partial charge >= 0.3 is 0 Å². The number of hydrogen-bond acceptors (Lipinski definition) is 10. The van der Waals surface area contributed by atoms with E-state index in [1.165, 1.54) is 17.6 Å². The molecule has 0 saturated carbocycles. The number of thiazole rings is 1. The predicted molar refractivity (Wildman–Crippen MR) is 132 cm³/mol. The summed E-state index contributed by atoms with van der Waals surface area (Å²) in [5, 5.41) is 1.88. The van der Waals surface area contributed by atoms with Crippen LogP contribution >= 0.6 is 11.3 Å². The minimum absolute atomic E-state index is 0.227. The highest BCUT2D eigenvalue weighted by Gasteiger charge is 2.22. The first-order chi connectivity index (χ1) is 16.3. The summed E-state index contributed by atoms with van der Waals surface area (Å²) in [5.41, 5.74) is 10.5. The number of hydrogen-bond donors (Lipinski definition) is 1. The van der Waals surface area contributed by atoms with Gasteiger partial charge in [-0.15, -0.1) is 11.3 Å². The number of imidazole rings is 1. The third-order valence-corrected chi connectivity index (χ3v) is 6.88. The highest BCUT2D eigenvalue weighted by atomic mass is 32.2. The largest absolute Gasteiger partial charge is 0.382 e. The van der Waals surface area contributed by atoms with Gasteiger partial charge in [0.25, 0.3) is 0 Å². The van der Waals surface area contributed by atoms with E-state index in [0.717, 1.165) is 5.69 Å². The van der Waals surface area contributed by atoms with E-state index in [9.17, 15) is 8.42 Å². The molecule has 2 N–H and O–H groups in total. The summed E-state index contributed by atoms with van der Waals surface area (Å²) in [6.07, 6.45) is 2.91. The molecule has 0 fully saturated rings. The molecular formula is C22H20N8O2S2. The van der Waals surface area contributed by atoms with Gasteiger partial charge in [0.15, 0.2) is 32.6 Å². The zero-order valence-corrected chi connectivity index (χ0v) is 20.0. The van der Waals surface area contributed by atoms with E-state index in [0.29, 0.717) is 40.9 Å². The van der Waals surface area contributed by atoms with Crippen molar-refractivity contribution in [2.75, 3.05) is 23.9 Å². The Balaban J connectivity index is 1.65. The van der Waals surface area contributed by atoms with Gasteiger partial charge in [-0.2, -0.15) is 9.97 Å². The first kappa shape index (κ1) is 21.9. The van der Waals surface area contributed by atoms with E-state index in [-0.39, 0.29) is 10.7 Å². The lowest BCUT2D eigenvalue weighted by molar-refractivity contribution is 0.602. The van der Waals surface area contributed by atoms with Crippen molar-refractivity contribution in [3.63, 3.8) is 0 Å². The lowest BCUT2D eigenvalue weighted by Crippen LogP contribution is -2.20. The molecule has 0 bridgehead atoms. The Kier molecular flexibility index (Phi) is 5.46. The number of fused-ring (bicyclic) bond motifs is 1. The molecule has 0 radical (unpaired) electrons. The van der Waals surface area contributed by atoms with Gasteiger partial charge in [0, 0.05) is 30.4 Å². The highest BCUT2D eigenvalue weighted by Crippen LogP contribution is 2.31. The van der Waals surface area contributed by atoms with Crippen molar-refractivity contribution in [3.8, 4) is 17.2 Å². The van der Waals surface area contributed by atoms with Gasteiger partial charge in [0.1, 0.15) is 5.82 Å². The third-order valence-electron chi connectivity index (χ3n) is 5.18. The Bertz CT molecular complexity index is 1570. The minimum Gasteiger partial charge on any atom is -0.382 e. The fourth-order valence-corrected chi connectivity index (χ4v) is 4.67. The van der Waals surface area contributed by atoms with Crippen LogP contribution in [0.2, 0.25) is 0 Å². The van der Waals surface area contributed by atoms with Crippen LogP contribution in [-0.4, -0.2) is 51.2 Å². The molecule has 0 atom stereocenters. The van der Waals surface area contributed by atoms with E-state index in [2.05, 4.69) is 15.0 Å². The molecule has 0 aliphatic carbocycles. The monoisotopic (exact) mass is 492 g/mol. The second kappa shape index (κ2) is 8.47. The fraction of sp³-hybridized carbons (Fsp3) is 0.136. The maximum Gasteiger partial charge on any atom is 0.229 e. The van der Waals surface area contributed by atoms with Crippen molar-refractivity contribution in [2.45, 2.75) is 11.4 Å². The lowest BCUT2D eigenvalue weighted by atomic mass is 10.2. The summed E-state index contributed by atoms with van der Waals surface area (Å²) in [5.74, 6) is 1.82. The van der Waals surface area contributed by atoms with Crippen molar-refractivity contribution in [1.82, 2.24) is 29.5 Å². The van der Waals surface area contributed by atoms with Crippen molar-refractivity contribution < 1.29 is 8.42 Å². The van der Waals surface area contributed by atoms with Crippen LogP contribution in [-0.2, 0) is 16.4 Å². The molecule has 0 amide bonds. The second-order valence-electron chi connectivity index (χ2n) is 7.67. The Morgan fingerprint density at radius 1 is 1.06 bits per heavy atom. The number of nitrogens with zero attached hydrogens (tertiary/aromatic N) is 7. The summed E-state index contributed by atoms with van der Waals surface area (Å²) in [6, 6.07) is 12.2. The van der Waals surface area contributed by atoms with E-state index in [1.54, 1.807) is 40.5 Å². The zero-order valence-electron chi connectivity index (χ0n) is 18.3. The van der Waals surface area contributed by atoms with Crippen molar-refractivity contribution in [1.29, 1.82) is 0 Å². The summed E-state index contributed by atoms with van der Waals surface area (Å²) < 4.78 is 25.6. The zero-order chi connectivity index (χ0) is 23.9. The highest BCUT2D eigenvalue weighted by molar-refractivity contribution is 7.90. The molecule has 10 nitrogen and oxygen atoms in total. The molecule has 0 saturated heterocycles. The Labute approximate surface area is 199 Å². The first-order valence-corrected chi connectivity index (χ1v) is 13.0. The maximum atomic E-state index is 11.9. The van der Waals surface area contributed by atoms with E-state index < -0.39 is 9.84 Å². The number of pyridine rings is 1. The molecule has 4 aromatic heterocycles. The molecule has 0 spiro atoms. The summed E-state index contributed by atoms with van der Waals surface area (Å²) in [4.78, 5) is 24.8. The average Bonchev–Trinajstić information content (AvgIpc) is 3.47. The van der Waals surface area contributed by atoms with E-state index >= 15 is 0 Å². The predicted octanol–water partition coefficient (Wildman–Crippen LogP) is 2.96. The van der Waals surface area contributed by atoms with Crippen molar-refractivity contribution in [2.24, 2.45) is 0 Å². The maximum absolute atomic E-state index is 11.9. The molecule has 12 heteroatoms. The van der Waals surface area contributed by atoms with Crippen LogP contribution in [0.15, 0.2) is 64.4 Å². The molecule has 0 aliphatic heterocycles. The smallest absolute Gasteiger partial charge is 0.229 e. The number of sulfone groups is 1. The summed E-state index contributed by atoms with van der Waals surface area (Å²) in [6.45, 7) is 0.496. The average molecular weight is 493 g/mol. The quantitative estimate of drug-likeness (QED) is 0.380. The molecule has 0 aliphatic rings. The second-order valence-corrected chi connectivity index (χ2v) is 10.4. The number of benzene rings is 1. The van der Waals surface area contributed by atoms with Crippen LogP contribution < -0.4 is 10.6 Å². The molecule has 5 aromatic rings. The number of aromatic nitrogens is 6. The molecule has 34 heavy (non-hydrogen) atoms. The van der Waals surface area contributed by atoms with E-state index in [1.807, 2.05) is 35.5 Å². The van der Waals surface area contributed by atoms with Gasteiger partial charge in [0.05, 0.1) is 22.6 Å². The number of nitrogen functional groups attached to an aromatic ring is 1. The molecule has 1 aromatic carbocycles. The number of rotatable bonds is 6. The van der Waals surface area contributed by atoms with Gasteiger partial charge in [-0.05, 0) is 36.4 Å². The van der Waals surface area contributed by atoms with Gasteiger partial charge in [-0.25, -0.2) is 18.4 Å². The Hall–Kier alpha value is -3.90. The minimum atomic E-state index is -3.32. The summed E-state index contributed by atoms with van der Waals surface area (Å²) >= 11 is 1.44.